The van der Waals surface area contributed by atoms with Crippen LogP contribution in [0.2, 0.25) is 5.15 Å². The second kappa shape index (κ2) is 9.73. The summed E-state index contributed by atoms with van der Waals surface area (Å²) in [7, 11) is -3.96. The van der Waals surface area contributed by atoms with Gasteiger partial charge in [-0.3, -0.25) is 4.79 Å². The maximum absolute atomic E-state index is 13.2. The van der Waals surface area contributed by atoms with Gasteiger partial charge in [0.05, 0.1) is 19.4 Å². The quantitative estimate of drug-likeness (QED) is 0.585. The van der Waals surface area contributed by atoms with Gasteiger partial charge in [-0.2, -0.15) is 4.31 Å². The van der Waals surface area contributed by atoms with Crippen molar-refractivity contribution in [3.05, 3.63) is 47.6 Å². The van der Waals surface area contributed by atoms with E-state index in [1.54, 1.807) is 12.1 Å². The predicted octanol–water partition coefficient (Wildman–Crippen LogP) is 3.70. The maximum Gasteiger partial charge on any atom is 0.245 e. The first kappa shape index (κ1) is 21.8. The number of furan rings is 1. The van der Waals surface area contributed by atoms with Crippen LogP contribution < -0.4 is 0 Å². The van der Waals surface area contributed by atoms with Crippen molar-refractivity contribution in [2.24, 2.45) is 0 Å². The Hall–Kier alpha value is -1.90. The first-order chi connectivity index (χ1) is 13.9. The van der Waals surface area contributed by atoms with Crippen LogP contribution in [0.15, 0.2) is 46.0 Å². The van der Waals surface area contributed by atoms with E-state index < -0.39 is 10.0 Å². The maximum atomic E-state index is 13.2. The lowest BCUT2D eigenvalue weighted by atomic mass is 9.94. The van der Waals surface area contributed by atoms with Gasteiger partial charge in [0, 0.05) is 18.8 Å². The van der Waals surface area contributed by atoms with E-state index in [9.17, 15) is 13.2 Å². The largest absolute Gasteiger partial charge is 0.468 e. The third-order valence-electron chi connectivity index (χ3n) is 5.24. The number of aromatic nitrogens is 1. The molecule has 0 aromatic carbocycles. The number of pyridine rings is 1. The average Bonchev–Trinajstić information content (AvgIpc) is 3.22. The smallest absolute Gasteiger partial charge is 0.245 e. The second-order valence-electron chi connectivity index (χ2n) is 7.14. The van der Waals surface area contributed by atoms with Crippen LogP contribution in [0.5, 0.6) is 0 Å². The molecule has 0 spiro atoms. The van der Waals surface area contributed by atoms with E-state index in [0.717, 1.165) is 30.0 Å². The number of hydrogen-bond acceptors (Lipinski definition) is 5. The molecule has 2 aromatic heterocycles. The molecule has 9 heteroatoms. The van der Waals surface area contributed by atoms with Gasteiger partial charge in [0.25, 0.3) is 0 Å². The molecule has 1 saturated carbocycles. The number of carbonyl (C=O) groups excluding carboxylic acids is 1. The molecule has 2 heterocycles. The molecule has 7 nitrogen and oxygen atoms in total. The van der Waals surface area contributed by atoms with Crippen molar-refractivity contribution in [2.75, 3.05) is 13.1 Å². The Kier molecular flexibility index (Phi) is 7.32. The lowest BCUT2D eigenvalue weighted by molar-refractivity contribution is -0.134. The van der Waals surface area contributed by atoms with Crippen molar-refractivity contribution in [2.45, 2.75) is 56.5 Å². The molecule has 29 heavy (non-hydrogen) atoms. The molecule has 0 atom stereocenters. The van der Waals surface area contributed by atoms with Crippen LogP contribution in [0, 0.1) is 0 Å². The molecule has 0 unspecified atom stereocenters. The molecule has 1 aliphatic rings. The van der Waals surface area contributed by atoms with Crippen LogP contribution in [-0.2, 0) is 21.4 Å². The van der Waals surface area contributed by atoms with Crippen molar-refractivity contribution < 1.29 is 17.6 Å². The predicted molar refractivity (Wildman–Crippen MR) is 110 cm³/mol. The molecule has 3 rings (SSSR count). The minimum Gasteiger partial charge on any atom is -0.468 e. The third kappa shape index (κ3) is 5.38. The summed E-state index contributed by atoms with van der Waals surface area (Å²) in [4.78, 5) is 18.8. The highest BCUT2D eigenvalue weighted by Gasteiger charge is 2.31. The Labute approximate surface area is 176 Å². The highest BCUT2D eigenvalue weighted by atomic mass is 35.5. The van der Waals surface area contributed by atoms with Crippen LogP contribution in [0.1, 0.15) is 44.8 Å². The van der Waals surface area contributed by atoms with E-state index in [-0.39, 0.29) is 35.1 Å². The Morgan fingerprint density at radius 3 is 2.59 bits per heavy atom. The summed E-state index contributed by atoms with van der Waals surface area (Å²) < 4.78 is 32.9. The summed E-state index contributed by atoms with van der Waals surface area (Å²) in [5.74, 6) is 0.264. The number of sulfonamides is 1. The Morgan fingerprint density at radius 2 is 2.00 bits per heavy atom. The molecule has 1 amide bonds. The number of hydrogen-bond donors (Lipinski definition) is 0. The van der Waals surface area contributed by atoms with Crippen molar-refractivity contribution in [3.8, 4) is 0 Å². The third-order valence-corrected chi connectivity index (χ3v) is 7.24. The van der Waals surface area contributed by atoms with Gasteiger partial charge in [-0.25, -0.2) is 13.4 Å². The normalized spacial score (nSPS) is 15.6. The average molecular weight is 440 g/mol. The summed E-state index contributed by atoms with van der Waals surface area (Å²) in [5, 5.41) is 0.201. The second-order valence-corrected chi connectivity index (χ2v) is 9.47. The van der Waals surface area contributed by atoms with Gasteiger partial charge in [0.1, 0.15) is 15.8 Å². The molecule has 0 radical (unpaired) electrons. The summed E-state index contributed by atoms with van der Waals surface area (Å²) in [6.45, 7) is 2.20. The number of halogens is 1. The fraction of sp³-hybridized carbons (Fsp3) is 0.500. The van der Waals surface area contributed by atoms with Crippen LogP contribution in [-0.4, -0.2) is 47.6 Å². The topological polar surface area (TPSA) is 83.7 Å². The zero-order chi connectivity index (χ0) is 20.9. The van der Waals surface area contributed by atoms with Gasteiger partial charge in [-0.05, 0) is 44.0 Å². The molecule has 158 valence electrons. The van der Waals surface area contributed by atoms with Crippen molar-refractivity contribution in [1.82, 2.24) is 14.2 Å². The first-order valence-electron chi connectivity index (χ1n) is 9.85. The number of likely N-dealkylation sites (N-methyl/N-ethyl adjacent to an activating group) is 1. The van der Waals surface area contributed by atoms with Crippen molar-refractivity contribution in [1.29, 1.82) is 0 Å². The van der Waals surface area contributed by atoms with Gasteiger partial charge in [0.2, 0.25) is 15.9 Å². The van der Waals surface area contributed by atoms with E-state index >= 15 is 0 Å². The highest BCUT2D eigenvalue weighted by molar-refractivity contribution is 7.89. The van der Waals surface area contributed by atoms with Gasteiger partial charge in [-0.1, -0.05) is 30.9 Å². The highest BCUT2D eigenvalue weighted by Crippen LogP contribution is 2.24. The van der Waals surface area contributed by atoms with Crippen LogP contribution >= 0.6 is 11.6 Å². The Bertz CT molecular complexity index is 894. The molecule has 0 aliphatic heterocycles. The van der Waals surface area contributed by atoms with Crippen molar-refractivity contribution >= 4 is 27.5 Å². The molecule has 0 saturated heterocycles. The Morgan fingerprint density at radius 1 is 1.24 bits per heavy atom. The summed E-state index contributed by atoms with van der Waals surface area (Å²) in [6.07, 6.45) is 7.99. The zero-order valence-corrected chi connectivity index (χ0v) is 18.0. The van der Waals surface area contributed by atoms with Crippen LogP contribution in [0.25, 0.3) is 0 Å². The number of amides is 1. The SMILES string of the molecule is CCN(C(=O)CN(Cc1ccco1)S(=O)(=O)c1ccc(Cl)nc1)C1CCCCC1. The van der Waals surface area contributed by atoms with Gasteiger partial charge in [0.15, 0.2) is 0 Å². The van der Waals surface area contributed by atoms with E-state index in [2.05, 4.69) is 4.98 Å². The summed E-state index contributed by atoms with van der Waals surface area (Å²) in [5.41, 5.74) is 0. The van der Waals surface area contributed by atoms with E-state index in [4.69, 9.17) is 16.0 Å². The lowest BCUT2D eigenvalue weighted by Crippen LogP contribution is -2.47. The minimum absolute atomic E-state index is 0.0121. The van der Waals surface area contributed by atoms with Gasteiger partial charge < -0.3 is 9.32 Å². The molecule has 0 bridgehead atoms. The number of rotatable bonds is 8. The standard InChI is InChI=1S/C20H26ClN3O4S/c1-2-24(16-7-4-3-5-8-16)20(25)15-23(14-17-9-6-12-28-17)29(26,27)18-10-11-19(21)22-13-18/h6,9-13,16H,2-5,7-8,14-15H2,1H3. The fourth-order valence-corrected chi connectivity index (χ4v) is 5.15. The number of carbonyl (C=O) groups is 1. The van der Waals surface area contributed by atoms with Crippen LogP contribution in [0.3, 0.4) is 0 Å². The fourth-order valence-electron chi connectivity index (χ4n) is 3.74. The molecular weight excluding hydrogens is 414 g/mol. The first-order valence-corrected chi connectivity index (χ1v) is 11.7. The Balaban J connectivity index is 1.84. The molecule has 2 aromatic rings. The van der Waals surface area contributed by atoms with Crippen molar-refractivity contribution in [3.63, 3.8) is 0 Å². The summed E-state index contributed by atoms with van der Waals surface area (Å²) in [6, 6.07) is 6.36. The van der Waals surface area contributed by atoms with Gasteiger partial charge in [-0.15, -0.1) is 0 Å². The molecular formula is C20H26ClN3O4S. The van der Waals surface area contributed by atoms with E-state index in [1.807, 2.05) is 11.8 Å². The monoisotopic (exact) mass is 439 g/mol. The molecule has 1 fully saturated rings. The van der Waals surface area contributed by atoms with E-state index in [1.165, 1.54) is 31.0 Å². The lowest BCUT2D eigenvalue weighted by Gasteiger charge is -2.35. The molecule has 1 aliphatic carbocycles. The minimum atomic E-state index is -3.96. The zero-order valence-electron chi connectivity index (χ0n) is 16.5. The van der Waals surface area contributed by atoms with Crippen LogP contribution in [0.4, 0.5) is 0 Å². The summed E-state index contributed by atoms with van der Waals surface area (Å²) >= 11 is 5.79. The number of nitrogens with zero attached hydrogens (tertiary/aromatic N) is 3. The van der Waals surface area contributed by atoms with E-state index in [0.29, 0.717) is 12.3 Å². The molecule has 0 N–H and O–H groups in total. The van der Waals surface area contributed by atoms with Gasteiger partial charge >= 0.3 is 0 Å².